The second-order valence-electron chi connectivity index (χ2n) is 10.5. The van der Waals surface area contributed by atoms with Gasteiger partial charge < -0.3 is 20.0 Å². The molecule has 1 aliphatic heterocycles. The number of amides is 1. The number of benzene rings is 3. The largest absolute Gasteiger partial charge is 1.00 e. The van der Waals surface area contributed by atoms with Crippen molar-refractivity contribution in [2.75, 3.05) is 13.1 Å². The first kappa shape index (κ1) is 33.9. The number of aliphatic carboxylic acids is 1. The van der Waals surface area contributed by atoms with Gasteiger partial charge in [0.15, 0.2) is 0 Å². The molecule has 3 aromatic carbocycles. The third-order valence-electron chi connectivity index (χ3n) is 6.94. The van der Waals surface area contributed by atoms with Crippen LogP contribution in [0.25, 0.3) is 0 Å². The minimum atomic E-state index is -4.05. The summed E-state index contributed by atoms with van der Waals surface area (Å²) in [4.78, 5) is 25.5. The summed E-state index contributed by atoms with van der Waals surface area (Å²) in [5.74, 6) is -0.958. The average molecular weight is 697 g/mol. The van der Waals surface area contributed by atoms with Gasteiger partial charge in [0.1, 0.15) is 11.5 Å². The summed E-state index contributed by atoms with van der Waals surface area (Å²) in [5.41, 5.74) is 2.46. The molecule has 1 atom stereocenters. The predicted octanol–water partition coefficient (Wildman–Crippen LogP) is 0.989. The zero-order valence-electron chi connectivity index (χ0n) is 24.0. The van der Waals surface area contributed by atoms with Gasteiger partial charge in [-0.3, -0.25) is 4.79 Å². The molecule has 8 nitrogen and oxygen atoms in total. The monoisotopic (exact) mass is 696 g/mol. The first-order valence-corrected chi connectivity index (χ1v) is 15.0. The maximum Gasteiger partial charge on any atom is 1.00 e. The van der Waals surface area contributed by atoms with Gasteiger partial charge in [-0.15, -0.1) is 0 Å². The number of aryl methyl sites for hydroxylation is 1. The molecule has 3 aromatic rings. The number of para-hydroxylation sites is 2. The SMILES string of the molecule is Cc1ccc(S(=O)(=O)N(CC(C)C)[C@@H](CCCCNC(=O)C2c3ccccc3Oc3ccccc32)C(=O)[O-])cc1.[Cs+]. The summed E-state index contributed by atoms with van der Waals surface area (Å²) >= 11 is 0. The number of unbranched alkanes of at least 4 members (excludes halogenated alkanes) is 1. The van der Waals surface area contributed by atoms with Crippen molar-refractivity contribution in [2.24, 2.45) is 5.92 Å². The van der Waals surface area contributed by atoms with Crippen LogP contribution in [0.4, 0.5) is 0 Å². The first-order valence-electron chi connectivity index (χ1n) is 13.5. The first-order chi connectivity index (χ1) is 19.1. The van der Waals surface area contributed by atoms with Gasteiger partial charge in [0.2, 0.25) is 15.9 Å². The van der Waals surface area contributed by atoms with E-state index in [0.29, 0.717) is 30.9 Å². The maximum absolute atomic E-state index is 13.4. The number of ether oxygens (including phenoxy) is 1. The third kappa shape index (κ3) is 8.26. The van der Waals surface area contributed by atoms with Crippen molar-refractivity contribution in [2.45, 2.75) is 56.9 Å². The van der Waals surface area contributed by atoms with Crippen molar-refractivity contribution in [3.63, 3.8) is 0 Å². The van der Waals surface area contributed by atoms with E-state index in [1.54, 1.807) is 12.1 Å². The number of carbonyl (C=O) groups is 2. The summed E-state index contributed by atoms with van der Waals surface area (Å²) in [7, 11) is -4.05. The van der Waals surface area contributed by atoms with E-state index in [2.05, 4.69) is 5.32 Å². The van der Waals surface area contributed by atoms with Crippen LogP contribution < -0.4 is 84.1 Å². The van der Waals surface area contributed by atoms with Gasteiger partial charge in [0.25, 0.3) is 0 Å². The Kier molecular flexibility index (Phi) is 12.5. The fourth-order valence-electron chi connectivity index (χ4n) is 4.95. The molecule has 0 unspecified atom stereocenters. The van der Waals surface area contributed by atoms with E-state index >= 15 is 0 Å². The van der Waals surface area contributed by atoms with E-state index in [1.165, 1.54) is 12.1 Å². The Balaban J connectivity index is 0.00000462. The molecule has 0 saturated carbocycles. The van der Waals surface area contributed by atoms with Gasteiger partial charge in [-0.05, 0) is 56.4 Å². The van der Waals surface area contributed by atoms with Gasteiger partial charge >= 0.3 is 68.9 Å². The van der Waals surface area contributed by atoms with Crippen molar-refractivity contribution in [3.8, 4) is 11.5 Å². The number of hydrogen-bond donors (Lipinski definition) is 1. The van der Waals surface area contributed by atoms with E-state index in [-0.39, 0.29) is 98.6 Å². The molecule has 212 valence electrons. The van der Waals surface area contributed by atoms with Crippen molar-refractivity contribution >= 4 is 21.9 Å². The van der Waals surface area contributed by atoms with Crippen LogP contribution in [-0.4, -0.2) is 43.7 Å². The molecule has 0 spiro atoms. The predicted molar refractivity (Wildman–Crippen MR) is 150 cm³/mol. The molecule has 0 radical (unpaired) electrons. The van der Waals surface area contributed by atoms with Crippen LogP contribution in [0.3, 0.4) is 0 Å². The molecule has 1 N–H and O–H groups in total. The van der Waals surface area contributed by atoms with Crippen LogP contribution in [0.2, 0.25) is 0 Å². The van der Waals surface area contributed by atoms with Crippen molar-refractivity contribution in [3.05, 3.63) is 89.5 Å². The van der Waals surface area contributed by atoms with Crippen LogP contribution in [0.15, 0.2) is 77.7 Å². The molecule has 0 fully saturated rings. The Hall–Kier alpha value is -1.64. The summed E-state index contributed by atoms with van der Waals surface area (Å²) in [6.45, 7) is 5.90. The minimum absolute atomic E-state index is 0. The maximum atomic E-state index is 13.4. The Morgan fingerprint density at radius 1 is 0.927 bits per heavy atom. The van der Waals surface area contributed by atoms with Crippen LogP contribution in [0, 0.1) is 12.8 Å². The topological polar surface area (TPSA) is 116 Å². The number of carboxylic acid groups (broad SMARTS) is 1. The summed E-state index contributed by atoms with van der Waals surface area (Å²) in [5, 5.41) is 15.1. The van der Waals surface area contributed by atoms with Crippen molar-refractivity contribution in [1.82, 2.24) is 9.62 Å². The fraction of sp³-hybridized carbons (Fsp3) is 0.355. The molecule has 10 heteroatoms. The van der Waals surface area contributed by atoms with E-state index in [0.717, 1.165) is 21.0 Å². The van der Waals surface area contributed by atoms with Crippen molar-refractivity contribution in [1.29, 1.82) is 0 Å². The summed E-state index contributed by atoms with van der Waals surface area (Å²) in [6, 6.07) is 19.9. The standard InChI is InChI=1S/C31H36N2O6S.Cs/c1-21(2)20-33(40(37,38)23-17-15-22(3)16-18-23)26(31(35)36)12-8-9-19-32-30(34)29-24-10-4-6-13-27(24)39-28-14-7-5-11-25(28)29;/h4-7,10-11,13-18,21,26,29H,8-9,12,19-20H2,1-3H3,(H,32,34)(H,35,36);/q;+1/p-1/t26-;/m0./s1. The number of hydrogen-bond acceptors (Lipinski definition) is 6. The van der Waals surface area contributed by atoms with Crippen LogP contribution in [-0.2, 0) is 19.6 Å². The molecule has 1 heterocycles. The molecule has 41 heavy (non-hydrogen) atoms. The second-order valence-corrected chi connectivity index (χ2v) is 12.4. The number of nitrogens with zero attached hydrogens (tertiary/aromatic N) is 1. The molecular weight excluding hydrogens is 661 g/mol. The fourth-order valence-corrected chi connectivity index (χ4v) is 6.72. The molecular formula is C31H35CsN2O6S. The number of fused-ring (bicyclic) bond motifs is 2. The van der Waals surface area contributed by atoms with E-state index < -0.39 is 28.0 Å². The molecule has 0 saturated heterocycles. The smallest absolute Gasteiger partial charge is 0.548 e. The van der Waals surface area contributed by atoms with Gasteiger partial charge in [0, 0.05) is 24.2 Å². The van der Waals surface area contributed by atoms with Gasteiger partial charge in [-0.2, -0.15) is 4.31 Å². The number of sulfonamides is 1. The zero-order chi connectivity index (χ0) is 28.9. The number of nitrogens with one attached hydrogen (secondary N) is 1. The van der Waals surface area contributed by atoms with Crippen LogP contribution in [0.5, 0.6) is 11.5 Å². The quantitative estimate of drug-likeness (QED) is 0.283. The Bertz CT molecular complexity index is 1410. The Labute approximate surface area is 301 Å². The summed E-state index contributed by atoms with van der Waals surface area (Å²) in [6.07, 6.45) is 0.930. The summed E-state index contributed by atoms with van der Waals surface area (Å²) < 4.78 is 33.9. The number of rotatable bonds is 12. The third-order valence-corrected chi connectivity index (χ3v) is 8.83. The van der Waals surface area contributed by atoms with Gasteiger partial charge in [-0.25, -0.2) is 8.42 Å². The van der Waals surface area contributed by atoms with E-state index in [1.807, 2.05) is 69.3 Å². The zero-order valence-corrected chi connectivity index (χ0v) is 31.1. The van der Waals surface area contributed by atoms with Gasteiger partial charge in [-0.1, -0.05) is 67.9 Å². The normalized spacial score (nSPS) is 13.5. The number of carbonyl (C=O) groups excluding carboxylic acids is 2. The second kappa shape index (κ2) is 15.2. The van der Waals surface area contributed by atoms with Crippen molar-refractivity contribution < 1.29 is 96.7 Å². The molecule has 0 bridgehead atoms. The molecule has 0 aliphatic carbocycles. The molecule has 4 rings (SSSR count). The van der Waals surface area contributed by atoms with E-state index in [9.17, 15) is 23.1 Å². The molecule has 1 amide bonds. The molecule has 0 aromatic heterocycles. The van der Waals surface area contributed by atoms with Crippen LogP contribution in [0.1, 0.15) is 55.7 Å². The van der Waals surface area contributed by atoms with Gasteiger partial charge in [0.05, 0.1) is 22.8 Å². The minimum Gasteiger partial charge on any atom is -0.548 e. The van der Waals surface area contributed by atoms with E-state index in [4.69, 9.17) is 4.74 Å². The molecule has 1 aliphatic rings. The average Bonchev–Trinajstić information content (AvgIpc) is 2.92. The van der Waals surface area contributed by atoms with Crippen LogP contribution >= 0.6 is 0 Å². The Morgan fingerprint density at radius 2 is 1.49 bits per heavy atom. The Morgan fingerprint density at radius 3 is 2.02 bits per heavy atom. The number of carboxylic acids is 1.